The number of hydrogen-bond acceptors (Lipinski definition) is 5. The topological polar surface area (TPSA) is 102 Å². The molecule has 0 spiro atoms. The molecule has 1 amide bonds. The van der Waals surface area contributed by atoms with Crippen LogP contribution in [0.15, 0.2) is 35.4 Å². The summed E-state index contributed by atoms with van der Waals surface area (Å²) in [7, 11) is 0. The number of likely N-dealkylation sites (tertiary alicyclic amines) is 1. The van der Waals surface area contributed by atoms with Crippen LogP contribution in [0.4, 0.5) is 0 Å². The number of piperidine rings is 1. The van der Waals surface area contributed by atoms with E-state index < -0.39 is 0 Å². The lowest BCUT2D eigenvalue weighted by Gasteiger charge is -2.32. The number of aromatic amines is 1. The molecule has 1 aliphatic heterocycles. The van der Waals surface area contributed by atoms with Crippen LogP contribution in [0, 0.1) is 19.8 Å². The smallest absolute Gasteiger partial charge is 0.266 e. The lowest BCUT2D eigenvalue weighted by molar-refractivity contribution is 0.0679. The predicted octanol–water partition coefficient (Wildman–Crippen LogP) is 1.32. The molecule has 1 N–H and O–H groups in total. The molecule has 0 unspecified atom stereocenters. The van der Waals surface area contributed by atoms with E-state index in [1.807, 2.05) is 24.8 Å². The van der Waals surface area contributed by atoms with Gasteiger partial charge in [0, 0.05) is 43.8 Å². The van der Waals surface area contributed by atoms with Gasteiger partial charge in [-0.15, -0.1) is 5.10 Å². The summed E-state index contributed by atoms with van der Waals surface area (Å²) in [5.74, 6) is 0.940. The number of carbonyl (C=O) groups excluding carboxylic acids is 1. The molecule has 3 aromatic heterocycles. The fourth-order valence-corrected chi connectivity index (χ4v) is 3.68. The minimum Gasteiger partial charge on any atom is -0.339 e. The average Bonchev–Trinajstić information content (AvgIpc) is 3.34. The summed E-state index contributed by atoms with van der Waals surface area (Å²) in [5.41, 5.74) is 2.08. The van der Waals surface area contributed by atoms with Crippen molar-refractivity contribution in [1.82, 2.24) is 34.7 Å². The maximum absolute atomic E-state index is 12.8. The second kappa shape index (κ2) is 7.41. The summed E-state index contributed by atoms with van der Waals surface area (Å²) in [6.45, 7) is 5.58. The SMILES string of the molecule is Cc1n[nH]c(C)c1C(=O)N1CCC(Cn2nc(-n3cccn3)ccc2=O)CC1. The highest BCUT2D eigenvalue weighted by Crippen LogP contribution is 2.22. The standard InChI is InChI=1S/C19H23N7O2/c1-13-18(14(2)22-21-13)19(28)24-10-6-15(7-11-24)12-26-17(27)5-4-16(23-26)25-9-3-8-20-25/h3-5,8-9,15H,6-7,10-12H2,1-2H3,(H,21,22). The zero-order valence-corrected chi connectivity index (χ0v) is 16.0. The van der Waals surface area contributed by atoms with Gasteiger partial charge in [-0.1, -0.05) is 0 Å². The van der Waals surface area contributed by atoms with E-state index >= 15 is 0 Å². The zero-order valence-electron chi connectivity index (χ0n) is 16.0. The molecule has 4 rings (SSSR count). The van der Waals surface area contributed by atoms with Gasteiger partial charge in [0.15, 0.2) is 5.82 Å². The second-order valence-corrected chi connectivity index (χ2v) is 7.21. The van der Waals surface area contributed by atoms with E-state index in [0.717, 1.165) is 24.2 Å². The second-order valence-electron chi connectivity index (χ2n) is 7.21. The number of hydrogen-bond donors (Lipinski definition) is 1. The summed E-state index contributed by atoms with van der Waals surface area (Å²) in [6, 6.07) is 5.00. The molecule has 146 valence electrons. The van der Waals surface area contributed by atoms with Crippen molar-refractivity contribution in [2.24, 2.45) is 5.92 Å². The lowest BCUT2D eigenvalue weighted by atomic mass is 9.96. The van der Waals surface area contributed by atoms with E-state index in [2.05, 4.69) is 20.4 Å². The Morgan fingerprint density at radius 2 is 2.04 bits per heavy atom. The first kappa shape index (κ1) is 18.1. The Labute approximate surface area is 162 Å². The van der Waals surface area contributed by atoms with Crippen LogP contribution in [0.5, 0.6) is 0 Å². The van der Waals surface area contributed by atoms with Crippen LogP contribution in [0.1, 0.15) is 34.6 Å². The van der Waals surface area contributed by atoms with Gasteiger partial charge in [0.05, 0.1) is 11.3 Å². The Balaban J connectivity index is 1.42. The number of nitrogens with zero attached hydrogens (tertiary/aromatic N) is 6. The van der Waals surface area contributed by atoms with Crippen molar-refractivity contribution in [3.8, 4) is 5.82 Å². The Morgan fingerprint density at radius 1 is 1.25 bits per heavy atom. The van der Waals surface area contributed by atoms with Gasteiger partial charge in [0.2, 0.25) is 0 Å². The number of rotatable bonds is 4. The average molecular weight is 381 g/mol. The van der Waals surface area contributed by atoms with Gasteiger partial charge in [0.1, 0.15) is 0 Å². The molecular weight excluding hydrogens is 358 g/mol. The van der Waals surface area contributed by atoms with Gasteiger partial charge < -0.3 is 4.90 Å². The molecule has 0 aromatic carbocycles. The number of aromatic nitrogens is 6. The summed E-state index contributed by atoms with van der Waals surface area (Å²) in [6.07, 6.45) is 5.14. The molecule has 3 aromatic rings. The van der Waals surface area contributed by atoms with Crippen LogP contribution >= 0.6 is 0 Å². The predicted molar refractivity (Wildman–Crippen MR) is 102 cm³/mol. The number of carbonyl (C=O) groups is 1. The normalized spacial score (nSPS) is 15.1. The van der Waals surface area contributed by atoms with E-state index in [9.17, 15) is 9.59 Å². The van der Waals surface area contributed by atoms with Gasteiger partial charge in [-0.2, -0.15) is 10.2 Å². The van der Waals surface area contributed by atoms with Crippen molar-refractivity contribution in [2.45, 2.75) is 33.2 Å². The van der Waals surface area contributed by atoms with Crippen molar-refractivity contribution in [2.75, 3.05) is 13.1 Å². The van der Waals surface area contributed by atoms with Gasteiger partial charge in [0.25, 0.3) is 11.5 Å². The highest BCUT2D eigenvalue weighted by atomic mass is 16.2. The molecule has 0 radical (unpaired) electrons. The quantitative estimate of drug-likeness (QED) is 0.734. The maximum atomic E-state index is 12.8. The number of H-pyrrole nitrogens is 1. The molecule has 0 bridgehead atoms. The molecule has 9 heteroatoms. The number of nitrogens with one attached hydrogen (secondary N) is 1. The maximum Gasteiger partial charge on any atom is 0.266 e. The Kier molecular flexibility index (Phi) is 4.81. The third-order valence-electron chi connectivity index (χ3n) is 5.27. The molecular formula is C19H23N7O2. The van der Waals surface area contributed by atoms with Crippen LogP contribution in [-0.2, 0) is 6.54 Å². The fourth-order valence-electron chi connectivity index (χ4n) is 3.68. The molecule has 1 fully saturated rings. The Morgan fingerprint density at radius 3 is 2.68 bits per heavy atom. The van der Waals surface area contributed by atoms with Crippen LogP contribution in [0.2, 0.25) is 0 Å². The van der Waals surface area contributed by atoms with Crippen LogP contribution in [0.25, 0.3) is 5.82 Å². The highest BCUT2D eigenvalue weighted by Gasteiger charge is 2.27. The van der Waals surface area contributed by atoms with Crippen LogP contribution in [-0.4, -0.2) is 53.7 Å². The Hall–Kier alpha value is -3.23. The molecule has 0 saturated carbocycles. The van der Waals surface area contributed by atoms with Crippen LogP contribution in [0.3, 0.4) is 0 Å². The number of aryl methyl sites for hydroxylation is 2. The van der Waals surface area contributed by atoms with Gasteiger partial charge in [-0.05, 0) is 44.7 Å². The summed E-state index contributed by atoms with van der Waals surface area (Å²) in [4.78, 5) is 26.9. The van der Waals surface area contributed by atoms with Gasteiger partial charge >= 0.3 is 0 Å². The molecule has 28 heavy (non-hydrogen) atoms. The lowest BCUT2D eigenvalue weighted by Crippen LogP contribution is -2.40. The van der Waals surface area contributed by atoms with Crippen molar-refractivity contribution < 1.29 is 4.79 Å². The molecule has 0 atom stereocenters. The minimum atomic E-state index is -0.126. The van der Waals surface area contributed by atoms with Crippen molar-refractivity contribution >= 4 is 5.91 Å². The first-order valence-electron chi connectivity index (χ1n) is 9.42. The van der Waals surface area contributed by atoms with Crippen molar-refractivity contribution in [3.63, 3.8) is 0 Å². The van der Waals surface area contributed by atoms with E-state index in [4.69, 9.17) is 0 Å². The first-order valence-corrected chi connectivity index (χ1v) is 9.42. The van der Waals surface area contributed by atoms with E-state index in [-0.39, 0.29) is 11.5 Å². The third-order valence-corrected chi connectivity index (χ3v) is 5.27. The van der Waals surface area contributed by atoms with E-state index in [1.54, 1.807) is 23.1 Å². The van der Waals surface area contributed by atoms with Crippen molar-refractivity contribution in [3.05, 3.63) is 57.9 Å². The molecule has 0 aliphatic carbocycles. The van der Waals surface area contributed by atoms with Gasteiger partial charge in [-0.3, -0.25) is 14.7 Å². The summed E-state index contributed by atoms with van der Waals surface area (Å²) < 4.78 is 3.14. The Bertz CT molecular complexity index is 1010. The first-order chi connectivity index (χ1) is 13.5. The molecule has 1 saturated heterocycles. The molecule has 4 heterocycles. The van der Waals surface area contributed by atoms with Gasteiger partial charge in [-0.25, -0.2) is 9.36 Å². The molecule has 9 nitrogen and oxygen atoms in total. The molecule has 1 aliphatic rings. The minimum absolute atomic E-state index is 0.0261. The summed E-state index contributed by atoms with van der Waals surface area (Å²) >= 11 is 0. The third kappa shape index (κ3) is 3.47. The monoisotopic (exact) mass is 381 g/mol. The largest absolute Gasteiger partial charge is 0.339 e. The van der Waals surface area contributed by atoms with E-state index in [1.165, 1.54) is 10.7 Å². The highest BCUT2D eigenvalue weighted by molar-refractivity contribution is 5.96. The number of amides is 1. The fraction of sp³-hybridized carbons (Fsp3) is 0.421. The van der Waals surface area contributed by atoms with E-state index in [0.29, 0.717) is 36.9 Å². The zero-order chi connectivity index (χ0) is 19.7. The van der Waals surface area contributed by atoms with Crippen molar-refractivity contribution in [1.29, 1.82) is 0 Å². The summed E-state index contributed by atoms with van der Waals surface area (Å²) in [5, 5.41) is 15.6. The van der Waals surface area contributed by atoms with Crippen LogP contribution < -0.4 is 5.56 Å².